The predicted molar refractivity (Wildman–Crippen MR) is 102 cm³/mol. The Morgan fingerprint density at radius 1 is 0.923 bits per heavy atom. The van der Waals surface area contributed by atoms with Crippen molar-refractivity contribution in [1.29, 1.82) is 0 Å². The van der Waals surface area contributed by atoms with Gasteiger partial charge >= 0.3 is 0 Å². The highest BCUT2D eigenvalue weighted by atomic mass is 35.5. The van der Waals surface area contributed by atoms with E-state index in [4.69, 9.17) is 11.6 Å². The molecule has 0 aliphatic carbocycles. The van der Waals surface area contributed by atoms with Crippen LogP contribution in [0.5, 0.6) is 0 Å². The van der Waals surface area contributed by atoms with Crippen LogP contribution in [-0.4, -0.2) is 11.0 Å². The number of para-hydroxylation sites is 2. The van der Waals surface area contributed by atoms with E-state index in [9.17, 15) is 4.39 Å². The molecular formula is C20H17ClFN4+. The minimum atomic E-state index is -0.433. The van der Waals surface area contributed by atoms with Crippen molar-refractivity contribution < 1.29 is 9.07 Å². The Balaban J connectivity index is 1.73. The number of benzene rings is 3. The number of nitrogens with zero attached hydrogens (tertiary/aromatic N) is 2. The second-order valence-electron chi connectivity index (χ2n) is 5.89. The molecule has 1 aliphatic heterocycles. The average Bonchev–Trinajstić information content (AvgIpc) is 2.71. The minimum Gasteiger partial charge on any atom is -0.230 e. The van der Waals surface area contributed by atoms with Gasteiger partial charge in [-0.25, -0.2) is 9.82 Å². The largest absolute Gasteiger partial charge is 0.286 e. The van der Waals surface area contributed by atoms with Crippen LogP contribution in [0, 0.1) is 5.82 Å². The summed E-state index contributed by atoms with van der Waals surface area (Å²) in [6, 6.07) is 24.6. The Bertz CT molecular complexity index is 931. The fraction of sp³-hybridized carbons (Fsp3) is 0.0500. The minimum absolute atomic E-state index is 0.0955. The maximum absolute atomic E-state index is 13.5. The fourth-order valence-corrected chi connectivity index (χ4v) is 2.98. The number of hydrogen-bond acceptors (Lipinski definition) is 3. The highest BCUT2D eigenvalue weighted by molar-refractivity contribution is 6.30. The van der Waals surface area contributed by atoms with Crippen molar-refractivity contribution in [3.05, 3.63) is 95.3 Å². The molecule has 4 rings (SSSR count). The van der Waals surface area contributed by atoms with Gasteiger partial charge in [0.05, 0.1) is 5.02 Å². The maximum atomic E-state index is 13.5. The van der Waals surface area contributed by atoms with Crippen LogP contribution in [-0.2, 0) is 0 Å². The lowest BCUT2D eigenvalue weighted by Gasteiger charge is -2.29. The fourth-order valence-electron chi connectivity index (χ4n) is 2.79. The van der Waals surface area contributed by atoms with Crippen LogP contribution < -0.4 is 15.9 Å². The molecule has 0 fully saturated rings. The Hall–Kier alpha value is -2.89. The summed E-state index contributed by atoms with van der Waals surface area (Å²) in [6.45, 7) is 0. The highest BCUT2D eigenvalue weighted by Crippen LogP contribution is 2.24. The molecule has 26 heavy (non-hydrogen) atoms. The zero-order chi connectivity index (χ0) is 17.9. The van der Waals surface area contributed by atoms with Gasteiger partial charge in [-0.15, -0.1) is 15.1 Å². The molecule has 1 unspecified atom stereocenters. The normalized spacial score (nSPS) is 16.8. The smallest absolute Gasteiger partial charge is 0.230 e. The van der Waals surface area contributed by atoms with Gasteiger partial charge in [-0.05, 0) is 42.0 Å². The predicted octanol–water partition coefficient (Wildman–Crippen LogP) is 4.38. The first-order valence-electron chi connectivity index (χ1n) is 8.21. The molecule has 6 heteroatoms. The van der Waals surface area contributed by atoms with Gasteiger partial charge < -0.3 is 0 Å². The molecule has 0 bridgehead atoms. The second-order valence-corrected chi connectivity index (χ2v) is 6.30. The Kier molecular flexibility index (Phi) is 4.56. The summed E-state index contributed by atoms with van der Waals surface area (Å²) in [6.07, 6.45) is 1.63. The van der Waals surface area contributed by atoms with Crippen molar-refractivity contribution in [2.24, 2.45) is 0 Å². The molecule has 1 heterocycles. The highest BCUT2D eigenvalue weighted by Gasteiger charge is 2.28. The van der Waals surface area contributed by atoms with E-state index in [0.717, 1.165) is 16.9 Å². The van der Waals surface area contributed by atoms with Crippen LogP contribution in [0.2, 0.25) is 5.02 Å². The van der Waals surface area contributed by atoms with Crippen LogP contribution in [0.1, 0.15) is 11.7 Å². The molecule has 0 aromatic heterocycles. The Morgan fingerprint density at radius 2 is 1.62 bits per heavy atom. The van der Waals surface area contributed by atoms with Crippen LogP contribution >= 0.6 is 11.6 Å². The SMILES string of the molecule is Fc1ccc(C2NN(c3ccccc3)C=[N+](c3ccccc3)N2)cc1Cl. The molecule has 0 saturated heterocycles. The molecular weight excluding hydrogens is 351 g/mol. The van der Waals surface area contributed by atoms with Crippen LogP contribution in [0.4, 0.5) is 15.8 Å². The van der Waals surface area contributed by atoms with Gasteiger partial charge in [0.2, 0.25) is 0 Å². The molecule has 3 aromatic carbocycles. The van der Waals surface area contributed by atoms with E-state index in [2.05, 4.69) is 10.9 Å². The van der Waals surface area contributed by atoms with Crippen molar-refractivity contribution in [2.45, 2.75) is 6.17 Å². The first kappa shape index (κ1) is 16.6. The number of anilines is 1. The van der Waals surface area contributed by atoms with Gasteiger partial charge in [0.15, 0.2) is 11.9 Å². The molecule has 4 nitrogen and oxygen atoms in total. The molecule has 3 aromatic rings. The molecule has 1 aliphatic rings. The van der Waals surface area contributed by atoms with Crippen molar-refractivity contribution in [1.82, 2.24) is 10.9 Å². The number of rotatable bonds is 3. The molecule has 0 amide bonds. The average molecular weight is 368 g/mol. The van der Waals surface area contributed by atoms with Gasteiger partial charge in [-0.2, -0.15) is 0 Å². The van der Waals surface area contributed by atoms with Gasteiger partial charge in [-0.3, -0.25) is 0 Å². The van der Waals surface area contributed by atoms with Crippen molar-refractivity contribution >= 4 is 29.3 Å². The first-order valence-corrected chi connectivity index (χ1v) is 8.59. The van der Waals surface area contributed by atoms with Gasteiger partial charge in [-0.1, -0.05) is 54.1 Å². The molecule has 0 saturated carbocycles. The van der Waals surface area contributed by atoms with Gasteiger partial charge in [0.25, 0.3) is 6.34 Å². The van der Waals surface area contributed by atoms with Crippen molar-refractivity contribution in [3.8, 4) is 0 Å². The van der Waals surface area contributed by atoms with Gasteiger partial charge in [0, 0.05) is 0 Å². The second kappa shape index (κ2) is 7.15. The Labute approximate surface area is 156 Å². The topological polar surface area (TPSA) is 30.3 Å². The molecule has 0 radical (unpaired) electrons. The number of hydrogen-bond donors (Lipinski definition) is 2. The van der Waals surface area contributed by atoms with Crippen LogP contribution in [0.15, 0.2) is 78.9 Å². The van der Waals surface area contributed by atoms with E-state index >= 15 is 0 Å². The summed E-state index contributed by atoms with van der Waals surface area (Å²) < 4.78 is 15.5. The zero-order valence-corrected chi connectivity index (χ0v) is 14.6. The summed E-state index contributed by atoms with van der Waals surface area (Å²) in [5, 5.41) is 2.02. The third-order valence-corrected chi connectivity index (χ3v) is 4.40. The lowest BCUT2D eigenvalue weighted by molar-refractivity contribution is -0.519. The molecule has 130 valence electrons. The van der Waals surface area contributed by atoms with Crippen molar-refractivity contribution in [3.63, 3.8) is 0 Å². The Morgan fingerprint density at radius 3 is 2.31 bits per heavy atom. The third kappa shape index (κ3) is 3.40. The summed E-state index contributed by atoms with van der Waals surface area (Å²) in [7, 11) is 0. The van der Waals surface area contributed by atoms with Crippen LogP contribution in [0.25, 0.3) is 0 Å². The van der Waals surface area contributed by atoms with E-state index in [0.29, 0.717) is 0 Å². The van der Waals surface area contributed by atoms with Crippen LogP contribution in [0.3, 0.4) is 0 Å². The van der Waals surface area contributed by atoms with E-state index in [1.54, 1.807) is 12.1 Å². The number of hydrazine groups is 2. The molecule has 0 spiro atoms. The third-order valence-electron chi connectivity index (χ3n) is 4.11. The van der Waals surface area contributed by atoms with E-state index in [1.165, 1.54) is 6.07 Å². The van der Waals surface area contributed by atoms with E-state index < -0.39 is 5.82 Å². The van der Waals surface area contributed by atoms with Crippen molar-refractivity contribution in [2.75, 3.05) is 5.01 Å². The lowest BCUT2D eigenvalue weighted by Crippen LogP contribution is -2.54. The molecule has 2 N–H and O–H groups in total. The summed E-state index contributed by atoms with van der Waals surface area (Å²) in [4.78, 5) is 0. The summed E-state index contributed by atoms with van der Waals surface area (Å²) >= 11 is 5.97. The van der Waals surface area contributed by atoms with Gasteiger partial charge in [0.1, 0.15) is 11.5 Å². The standard InChI is InChI=1S/C20H17ClFN4/c21-18-13-15(11-12-19(18)22)20-23-25(16-7-3-1-4-8-16)14-26(24-20)17-9-5-2-6-10-17/h1-14,20,23-24H/q+1. The number of nitrogens with one attached hydrogen (secondary N) is 2. The quantitative estimate of drug-likeness (QED) is 0.673. The summed E-state index contributed by atoms with van der Waals surface area (Å²) in [5.41, 5.74) is 9.54. The molecule has 1 atom stereocenters. The summed E-state index contributed by atoms with van der Waals surface area (Å²) in [5.74, 6) is -0.433. The number of halogens is 2. The van der Waals surface area contributed by atoms with E-state index in [-0.39, 0.29) is 11.2 Å². The monoisotopic (exact) mass is 367 g/mol. The zero-order valence-electron chi connectivity index (χ0n) is 13.8. The maximum Gasteiger partial charge on any atom is 0.286 e. The first-order chi connectivity index (χ1) is 12.7. The number of hydrazone groups is 1. The lowest BCUT2D eigenvalue weighted by atomic mass is 10.1. The van der Waals surface area contributed by atoms with E-state index in [1.807, 2.05) is 76.7 Å².